The highest BCUT2D eigenvalue weighted by atomic mass is 32.2. The largest absolute Gasteiger partial charge is 0.534 e. The van der Waals surface area contributed by atoms with Crippen molar-refractivity contribution >= 4 is 15.8 Å². The van der Waals surface area contributed by atoms with Crippen molar-refractivity contribution < 1.29 is 30.7 Å². The summed E-state index contributed by atoms with van der Waals surface area (Å²) >= 11 is 0. The third-order valence-electron chi connectivity index (χ3n) is 1.41. The number of nitrogens with zero attached hydrogens (tertiary/aromatic N) is 2. The molecule has 0 aliphatic carbocycles. The van der Waals surface area contributed by atoms with Crippen LogP contribution in [0, 0.1) is 10.1 Å². The van der Waals surface area contributed by atoms with Crippen molar-refractivity contribution in [1.29, 1.82) is 0 Å². The van der Waals surface area contributed by atoms with E-state index in [-0.39, 0.29) is 0 Å². The molecule has 1 heterocycles. The van der Waals surface area contributed by atoms with Gasteiger partial charge in [0, 0.05) is 12.1 Å². The van der Waals surface area contributed by atoms with E-state index in [9.17, 15) is 31.7 Å². The van der Waals surface area contributed by atoms with Crippen LogP contribution in [-0.2, 0) is 10.1 Å². The van der Waals surface area contributed by atoms with Crippen LogP contribution < -0.4 is 4.18 Å². The van der Waals surface area contributed by atoms with Crippen LogP contribution in [0.3, 0.4) is 0 Å². The van der Waals surface area contributed by atoms with E-state index >= 15 is 0 Å². The molecule has 7 nitrogen and oxygen atoms in total. The van der Waals surface area contributed by atoms with Gasteiger partial charge in [-0.1, -0.05) is 0 Å². The first kappa shape index (κ1) is 13.2. The minimum atomic E-state index is -5.82. The molecule has 0 saturated carbocycles. The van der Waals surface area contributed by atoms with Crippen LogP contribution in [0.25, 0.3) is 0 Å². The van der Waals surface area contributed by atoms with Gasteiger partial charge in [-0.3, -0.25) is 10.1 Å². The molecule has 0 amide bonds. The summed E-state index contributed by atoms with van der Waals surface area (Å²) in [5.74, 6) is -0.909. The number of nitro groups is 1. The monoisotopic (exact) mass is 272 g/mol. The Balaban J connectivity index is 2.95. The zero-order valence-electron chi connectivity index (χ0n) is 7.71. The highest BCUT2D eigenvalue weighted by molar-refractivity contribution is 7.87. The van der Waals surface area contributed by atoms with Gasteiger partial charge in [0.25, 0.3) is 5.69 Å². The summed E-state index contributed by atoms with van der Waals surface area (Å²) in [6, 6.07) is 1.40. The molecule has 1 aromatic heterocycles. The minimum absolute atomic E-state index is 0.512. The second-order valence-electron chi connectivity index (χ2n) is 2.59. The highest BCUT2D eigenvalue weighted by Crippen LogP contribution is 2.26. The first-order valence-electron chi connectivity index (χ1n) is 3.75. The molecule has 0 saturated heterocycles. The van der Waals surface area contributed by atoms with Crippen molar-refractivity contribution in [2.45, 2.75) is 5.51 Å². The number of halogens is 3. The van der Waals surface area contributed by atoms with Gasteiger partial charge in [-0.2, -0.15) is 21.6 Å². The number of aromatic nitrogens is 1. The van der Waals surface area contributed by atoms with Gasteiger partial charge in [0.05, 0.1) is 4.92 Å². The standard InChI is InChI=1S/C6H3F3N2O5S/c7-6(8,9)17(14,15)16-5-2-1-4(3-10-5)11(12)13/h1-3H. The van der Waals surface area contributed by atoms with E-state index in [0.717, 1.165) is 6.07 Å². The minimum Gasteiger partial charge on any atom is -0.355 e. The number of rotatable bonds is 3. The molecule has 0 spiro atoms. The molecule has 0 N–H and O–H groups in total. The highest BCUT2D eigenvalue weighted by Gasteiger charge is 2.48. The molecule has 17 heavy (non-hydrogen) atoms. The zero-order chi connectivity index (χ0) is 13.3. The SMILES string of the molecule is O=[N+]([O-])c1ccc(OS(=O)(=O)C(F)(F)F)nc1. The number of hydrogen-bond donors (Lipinski definition) is 0. The molecule has 0 radical (unpaired) electrons. The van der Waals surface area contributed by atoms with Crippen LogP contribution in [0.1, 0.15) is 0 Å². The molecular weight excluding hydrogens is 269 g/mol. The van der Waals surface area contributed by atoms with Crippen LogP contribution >= 0.6 is 0 Å². The molecule has 0 aliphatic heterocycles. The maximum atomic E-state index is 11.9. The van der Waals surface area contributed by atoms with Crippen LogP contribution in [0.15, 0.2) is 18.3 Å². The second kappa shape index (κ2) is 4.16. The molecule has 11 heteroatoms. The van der Waals surface area contributed by atoms with Crippen molar-refractivity contribution in [2.75, 3.05) is 0 Å². The Morgan fingerprint density at radius 1 is 1.35 bits per heavy atom. The smallest absolute Gasteiger partial charge is 0.355 e. The number of pyridine rings is 1. The summed E-state index contributed by atoms with van der Waals surface area (Å²) in [7, 11) is -5.82. The topological polar surface area (TPSA) is 99.4 Å². The van der Waals surface area contributed by atoms with Gasteiger partial charge in [-0.05, 0) is 0 Å². The summed E-state index contributed by atoms with van der Waals surface area (Å²) in [5.41, 5.74) is -6.10. The quantitative estimate of drug-likeness (QED) is 0.355. The molecule has 0 bridgehead atoms. The van der Waals surface area contributed by atoms with Gasteiger partial charge in [0.2, 0.25) is 5.88 Å². The number of alkyl halides is 3. The van der Waals surface area contributed by atoms with Crippen molar-refractivity contribution in [1.82, 2.24) is 4.98 Å². The third-order valence-corrected chi connectivity index (χ3v) is 2.37. The maximum Gasteiger partial charge on any atom is 0.534 e. The van der Waals surface area contributed by atoms with Gasteiger partial charge < -0.3 is 4.18 Å². The average molecular weight is 272 g/mol. The summed E-state index contributed by atoms with van der Waals surface area (Å²) in [6.07, 6.45) is 0.571. The van der Waals surface area contributed by atoms with Crippen LogP contribution in [0.2, 0.25) is 0 Å². The van der Waals surface area contributed by atoms with Crippen molar-refractivity contribution in [2.24, 2.45) is 0 Å². The van der Waals surface area contributed by atoms with Gasteiger partial charge in [0.1, 0.15) is 6.20 Å². The Labute approximate surface area is 92.1 Å². The van der Waals surface area contributed by atoms with Crippen LogP contribution in [0.5, 0.6) is 5.88 Å². The molecule has 94 valence electrons. The predicted octanol–water partition coefficient (Wildman–Crippen LogP) is 1.22. The summed E-state index contributed by atoms with van der Waals surface area (Å²) < 4.78 is 60.3. The second-order valence-corrected chi connectivity index (χ2v) is 4.13. The van der Waals surface area contributed by atoms with Crippen molar-refractivity contribution in [3.63, 3.8) is 0 Å². The lowest BCUT2D eigenvalue weighted by Crippen LogP contribution is -2.28. The molecule has 0 fully saturated rings. The fourth-order valence-electron chi connectivity index (χ4n) is 0.689. The zero-order valence-corrected chi connectivity index (χ0v) is 8.53. The normalized spacial score (nSPS) is 12.2. The molecule has 0 unspecified atom stereocenters. The van der Waals surface area contributed by atoms with Crippen LogP contribution in [-0.4, -0.2) is 23.8 Å². The van der Waals surface area contributed by atoms with Gasteiger partial charge in [0.15, 0.2) is 0 Å². The Hall–Kier alpha value is -1.91. The molecule has 0 atom stereocenters. The van der Waals surface area contributed by atoms with E-state index in [1.54, 1.807) is 0 Å². The van der Waals surface area contributed by atoms with Crippen LogP contribution in [0.4, 0.5) is 18.9 Å². The van der Waals surface area contributed by atoms with Crippen molar-refractivity contribution in [3.8, 4) is 5.88 Å². The van der Waals surface area contributed by atoms with E-state index in [4.69, 9.17) is 0 Å². The van der Waals surface area contributed by atoms with Gasteiger partial charge in [-0.25, -0.2) is 4.98 Å². The Morgan fingerprint density at radius 2 is 1.94 bits per heavy atom. The fourth-order valence-corrected chi connectivity index (χ4v) is 1.11. The van der Waals surface area contributed by atoms with E-state index in [0.29, 0.717) is 12.3 Å². The lowest BCUT2D eigenvalue weighted by atomic mass is 10.4. The van der Waals surface area contributed by atoms with Gasteiger partial charge >= 0.3 is 15.6 Å². The fraction of sp³-hybridized carbons (Fsp3) is 0.167. The third kappa shape index (κ3) is 3.03. The van der Waals surface area contributed by atoms with Crippen molar-refractivity contribution in [3.05, 3.63) is 28.4 Å². The molecule has 1 rings (SSSR count). The Morgan fingerprint density at radius 3 is 2.29 bits per heavy atom. The lowest BCUT2D eigenvalue weighted by Gasteiger charge is -2.07. The summed E-state index contributed by atoms with van der Waals surface area (Å²) in [4.78, 5) is 12.4. The average Bonchev–Trinajstić information content (AvgIpc) is 2.16. The Bertz CT molecular complexity index is 524. The first-order chi connectivity index (χ1) is 7.63. The lowest BCUT2D eigenvalue weighted by molar-refractivity contribution is -0.385. The predicted molar refractivity (Wildman–Crippen MR) is 46.5 cm³/mol. The Kier molecular flexibility index (Phi) is 3.22. The first-order valence-corrected chi connectivity index (χ1v) is 5.15. The van der Waals surface area contributed by atoms with E-state index in [1.165, 1.54) is 0 Å². The molecular formula is C6H3F3N2O5S. The molecule has 1 aromatic rings. The molecule has 0 aromatic carbocycles. The van der Waals surface area contributed by atoms with E-state index < -0.39 is 32.1 Å². The maximum absolute atomic E-state index is 11.9. The van der Waals surface area contributed by atoms with E-state index in [2.05, 4.69) is 9.17 Å². The summed E-state index contributed by atoms with van der Waals surface area (Å²) in [5, 5.41) is 10.2. The van der Waals surface area contributed by atoms with Gasteiger partial charge in [-0.15, -0.1) is 0 Å². The number of hydrogen-bond acceptors (Lipinski definition) is 6. The summed E-state index contributed by atoms with van der Waals surface area (Å²) in [6.45, 7) is 0. The van der Waals surface area contributed by atoms with E-state index in [1.807, 2.05) is 0 Å². The molecule has 0 aliphatic rings.